The number of rotatable bonds is 0. The van der Waals surface area contributed by atoms with Gasteiger partial charge in [0.2, 0.25) is 0 Å². The molecule has 2 fully saturated rings. The number of ketones is 1. The maximum absolute atomic E-state index is 11.8. The van der Waals surface area contributed by atoms with Crippen molar-refractivity contribution in [2.45, 2.75) is 71.3 Å². The fourth-order valence-corrected chi connectivity index (χ4v) is 6.43. The lowest BCUT2D eigenvalue weighted by atomic mass is 9.52. The predicted octanol–water partition coefficient (Wildman–Crippen LogP) is 3.88. The highest BCUT2D eigenvalue weighted by atomic mass is 16.3. The van der Waals surface area contributed by atoms with E-state index in [0.29, 0.717) is 17.6 Å². The predicted molar refractivity (Wildman–Crippen MR) is 82.7 cm³/mol. The third kappa shape index (κ3) is 1.91. The molecule has 0 aromatic rings. The topological polar surface area (TPSA) is 37.3 Å². The molecule has 4 aliphatic carbocycles. The smallest absolute Gasteiger partial charge is 0.137 e. The first-order valence-electron chi connectivity index (χ1n) is 8.91. The molecule has 2 saturated carbocycles. The Morgan fingerprint density at radius 2 is 2.00 bits per heavy atom. The molecular formula is C19H28O2. The number of Topliss-reactive ketones (excluding diaryl/α,β-unsaturated/α-hetero) is 1. The molecule has 0 aromatic heterocycles. The van der Waals surface area contributed by atoms with Gasteiger partial charge in [-0.05, 0) is 67.6 Å². The van der Waals surface area contributed by atoms with E-state index in [1.165, 1.54) is 24.8 Å². The molecule has 0 bridgehead atoms. The average molecular weight is 288 g/mol. The Kier molecular flexibility index (Phi) is 3.12. The normalized spacial score (nSPS) is 49.7. The minimum absolute atomic E-state index is 0.0843. The summed E-state index contributed by atoms with van der Waals surface area (Å²) in [6.45, 7) is 4.74. The van der Waals surface area contributed by atoms with E-state index < -0.39 is 0 Å². The first kappa shape index (κ1) is 14.0. The summed E-state index contributed by atoms with van der Waals surface area (Å²) in [5.74, 6) is 3.33. The fraction of sp³-hybridized carbons (Fsp3) is 0.842. The lowest BCUT2D eigenvalue weighted by Gasteiger charge is -2.53. The first-order chi connectivity index (χ1) is 10.0. The number of aliphatic hydroxyl groups excluding tert-OH is 1. The molecule has 0 aromatic carbocycles. The Bertz CT molecular complexity index is 506. The monoisotopic (exact) mass is 288 g/mol. The van der Waals surface area contributed by atoms with Gasteiger partial charge in [-0.25, -0.2) is 0 Å². The molecular weight excluding hydrogens is 260 g/mol. The minimum Gasteiger partial charge on any atom is -0.393 e. The summed E-state index contributed by atoms with van der Waals surface area (Å²) in [6, 6.07) is 0. The van der Waals surface area contributed by atoms with Gasteiger partial charge in [-0.15, -0.1) is 0 Å². The third-order valence-corrected chi connectivity index (χ3v) is 7.49. The maximum atomic E-state index is 11.8. The van der Waals surface area contributed by atoms with Gasteiger partial charge < -0.3 is 5.11 Å². The maximum Gasteiger partial charge on any atom is 0.137 e. The second-order valence-electron chi connectivity index (χ2n) is 8.45. The van der Waals surface area contributed by atoms with Crippen molar-refractivity contribution in [3.63, 3.8) is 0 Å². The average Bonchev–Trinajstić information content (AvgIpc) is 2.74. The highest BCUT2D eigenvalue weighted by Crippen LogP contribution is 2.62. The van der Waals surface area contributed by atoms with Gasteiger partial charge in [-0.2, -0.15) is 0 Å². The molecule has 0 saturated heterocycles. The number of allylic oxidation sites excluding steroid dienone is 2. The van der Waals surface area contributed by atoms with Crippen molar-refractivity contribution in [3.05, 3.63) is 11.1 Å². The van der Waals surface area contributed by atoms with Crippen molar-refractivity contribution in [1.82, 2.24) is 0 Å². The van der Waals surface area contributed by atoms with E-state index in [1.54, 1.807) is 5.57 Å². The number of hydrogen-bond donors (Lipinski definition) is 1. The summed E-state index contributed by atoms with van der Waals surface area (Å²) in [7, 11) is 0. The van der Waals surface area contributed by atoms with Gasteiger partial charge in [0, 0.05) is 12.8 Å². The van der Waals surface area contributed by atoms with E-state index in [2.05, 4.69) is 13.8 Å². The molecule has 21 heavy (non-hydrogen) atoms. The Morgan fingerprint density at radius 3 is 2.81 bits per heavy atom. The molecule has 4 rings (SSSR count). The molecule has 3 unspecified atom stereocenters. The van der Waals surface area contributed by atoms with Gasteiger partial charge in [-0.3, -0.25) is 4.79 Å². The van der Waals surface area contributed by atoms with Crippen LogP contribution in [0.4, 0.5) is 0 Å². The van der Waals surface area contributed by atoms with Crippen molar-refractivity contribution < 1.29 is 9.90 Å². The van der Waals surface area contributed by atoms with Gasteiger partial charge in [0.15, 0.2) is 0 Å². The Morgan fingerprint density at radius 1 is 1.19 bits per heavy atom. The standard InChI is InChI=1S/C19H28O2/c1-11-9-12-10-13(20)3-4-14(12)15-7-8-19(2)16(18(11)15)5-6-17(19)21/h11,15-18,21H,3-10H2,1-2H3/t11-,15?,16?,17+,18?,19+/m1/s1. The molecule has 0 heterocycles. The third-order valence-electron chi connectivity index (χ3n) is 7.49. The van der Waals surface area contributed by atoms with Crippen molar-refractivity contribution in [2.24, 2.45) is 29.1 Å². The van der Waals surface area contributed by atoms with Crippen LogP contribution in [0.2, 0.25) is 0 Å². The van der Waals surface area contributed by atoms with Crippen LogP contribution in [-0.2, 0) is 4.79 Å². The van der Waals surface area contributed by atoms with E-state index in [-0.39, 0.29) is 11.5 Å². The number of hydrogen-bond acceptors (Lipinski definition) is 2. The molecule has 4 aliphatic rings. The lowest BCUT2D eigenvalue weighted by Crippen LogP contribution is -2.47. The van der Waals surface area contributed by atoms with E-state index in [0.717, 1.165) is 43.9 Å². The van der Waals surface area contributed by atoms with Crippen LogP contribution in [0.25, 0.3) is 0 Å². The molecule has 2 nitrogen and oxygen atoms in total. The van der Waals surface area contributed by atoms with Crippen LogP contribution >= 0.6 is 0 Å². The van der Waals surface area contributed by atoms with Crippen molar-refractivity contribution >= 4 is 5.78 Å². The number of carbonyl (C=O) groups is 1. The van der Waals surface area contributed by atoms with Crippen LogP contribution in [0.1, 0.15) is 65.2 Å². The summed E-state index contributed by atoms with van der Waals surface area (Å²) in [5.41, 5.74) is 3.33. The van der Waals surface area contributed by atoms with Crippen molar-refractivity contribution in [1.29, 1.82) is 0 Å². The summed E-state index contributed by atoms with van der Waals surface area (Å²) < 4.78 is 0. The SMILES string of the molecule is C[C@@H]1CC2=C(CCC(=O)C2)C2CC[C@@]3(C)C(CC[C@@H]3O)C21. The second kappa shape index (κ2) is 4.68. The largest absolute Gasteiger partial charge is 0.393 e. The number of fused-ring (bicyclic) bond motifs is 4. The molecule has 1 N–H and O–H groups in total. The number of carbonyl (C=O) groups excluding carboxylic acids is 1. The van der Waals surface area contributed by atoms with E-state index in [4.69, 9.17) is 0 Å². The first-order valence-corrected chi connectivity index (χ1v) is 8.91. The highest BCUT2D eigenvalue weighted by Gasteiger charge is 2.56. The summed E-state index contributed by atoms with van der Waals surface area (Å²) in [6.07, 6.45) is 8.25. The molecule has 0 aliphatic heterocycles. The quantitative estimate of drug-likeness (QED) is 0.687. The zero-order valence-corrected chi connectivity index (χ0v) is 13.4. The molecule has 2 heteroatoms. The zero-order valence-electron chi connectivity index (χ0n) is 13.4. The van der Waals surface area contributed by atoms with Crippen molar-refractivity contribution in [3.8, 4) is 0 Å². The van der Waals surface area contributed by atoms with Gasteiger partial charge in [0.25, 0.3) is 0 Å². The Labute approximate surface area is 128 Å². The lowest BCUT2D eigenvalue weighted by molar-refractivity contribution is -0.119. The van der Waals surface area contributed by atoms with Crippen LogP contribution in [0, 0.1) is 29.1 Å². The molecule has 6 atom stereocenters. The zero-order chi connectivity index (χ0) is 14.8. The molecule has 0 amide bonds. The van der Waals surface area contributed by atoms with Gasteiger partial charge in [0.05, 0.1) is 6.10 Å². The van der Waals surface area contributed by atoms with Gasteiger partial charge >= 0.3 is 0 Å². The van der Waals surface area contributed by atoms with Crippen LogP contribution in [0.5, 0.6) is 0 Å². The van der Waals surface area contributed by atoms with Crippen LogP contribution in [0.3, 0.4) is 0 Å². The van der Waals surface area contributed by atoms with Crippen LogP contribution in [-0.4, -0.2) is 17.0 Å². The van der Waals surface area contributed by atoms with E-state index >= 15 is 0 Å². The highest BCUT2D eigenvalue weighted by molar-refractivity contribution is 5.82. The second-order valence-corrected chi connectivity index (χ2v) is 8.45. The summed E-state index contributed by atoms with van der Waals surface area (Å²) in [5, 5.41) is 10.5. The molecule has 0 radical (unpaired) electrons. The van der Waals surface area contributed by atoms with E-state index in [1.807, 2.05) is 0 Å². The summed E-state index contributed by atoms with van der Waals surface area (Å²) in [4.78, 5) is 11.8. The van der Waals surface area contributed by atoms with E-state index in [9.17, 15) is 9.90 Å². The van der Waals surface area contributed by atoms with Gasteiger partial charge in [0.1, 0.15) is 5.78 Å². The fourth-order valence-electron chi connectivity index (χ4n) is 6.43. The molecule has 0 spiro atoms. The van der Waals surface area contributed by atoms with Gasteiger partial charge in [-0.1, -0.05) is 25.0 Å². The minimum atomic E-state index is -0.0843. The Hall–Kier alpha value is -0.630. The van der Waals surface area contributed by atoms with Crippen LogP contribution in [0.15, 0.2) is 11.1 Å². The summed E-state index contributed by atoms with van der Waals surface area (Å²) >= 11 is 0. The Balaban J connectivity index is 1.70. The number of aliphatic hydroxyl groups is 1. The molecule has 116 valence electrons. The van der Waals surface area contributed by atoms with Crippen molar-refractivity contribution in [2.75, 3.05) is 0 Å². The van der Waals surface area contributed by atoms with Crippen LogP contribution < -0.4 is 0 Å².